The van der Waals surface area contributed by atoms with Crippen LogP contribution in [0.5, 0.6) is 0 Å². The molecule has 0 N–H and O–H groups in total. The first-order valence-corrected chi connectivity index (χ1v) is 11.0. The molecular formula is C18H17Br2NO2S. The van der Waals surface area contributed by atoms with Crippen LogP contribution in [0, 0.1) is 0 Å². The lowest BCUT2D eigenvalue weighted by molar-refractivity contribution is 0.243. The highest BCUT2D eigenvalue weighted by Crippen LogP contribution is 2.33. The number of likely N-dealkylation sites (tertiary alicyclic amines) is 1. The highest BCUT2D eigenvalue weighted by atomic mass is 79.9. The van der Waals surface area contributed by atoms with Gasteiger partial charge in [-0.15, -0.1) is 0 Å². The summed E-state index contributed by atoms with van der Waals surface area (Å²) in [5.74, 6) is 0. The molecule has 0 spiro atoms. The van der Waals surface area contributed by atoms with Gasteiger partial charge in [-0.25, -0.2) is 8.42 Å². The van der Waals surface area contributed by atoms with Crippen molar-refractivity contribution < 1.29 is 8.42 Å². The summed E-state index contributed by atoms with van der Waals surface area (Å²) in [4.78, 5) is 2.69. The molecule has 1 heterocycles. The maximum atomic E-state index is 12.3. The van der Waals surface area contributed by atoms with E-state index in [2.05, 4.69) is 48.9 Å². The molecule has 126 valence electrons. The van der Waals surface area contributed by atoms with Gasteiger partial charge in [-0.05, 0) is 34.9 Å². The third-order valence-corrected chi connectivity index (χ3v) is 6.08. The molecule has 0 bridgehead atoms. The van der Waals surface area contributed by atoms with E-state index in [0.29, 0.717) is 18.0 Å². The van der Waals surface area contributed by atoms with Crippen molar-refractivity contribution in [3.8, 4) is 0 Å². The van der Waals surface area contributed by atoms with Crippen LogP contribution in [0.15, 0.2) is 63.0 Å². The topological polar surface area (TPSA) is 37.4 Å². The average Bonchev–Trinajstić information content (AvgIpc) is 2.43. The van der Waals surface area contributed by atoms with Gasteiger partial charge < -0.3 is 0 Å². The molecule has 6 heteroatoms. The monoisotopic (exact) mass is 469 g/mol. The quantitative estimate of drug-likeness (QED) is 0.660. The van der Waals surface area contributed by atoms with E-state index in [1.165, 1.54) is 11.8 Å². The summed E-state index contributed by atoms with van der Waals surface area (Å²) in [6.07, 6.45) is 1.28. The molecule has 0 amide bonds. The average molecular weight is 471 g/mol. The van der Waals surface area contributed by atoms with Crippen molar-refractivity contribution in [2.24, 2.45) is 0 Å². The Kier molecular flexibility index (Phi) is 5.30. The molecule has 0 unspecified atom stereocenters. The van der Waals surface area contributed by atoms with Gasteiger partial charge >= 0.3 is 0 Å². The highest BCUT2D eigenvalue weighted by Gasteiger charge is 2.29. The van der Waals surface area contributed by atoms with Crippen LogP contribution in [0.25, 0.3) is 4.91 Å². The molecule has 1 aliphatic heterocycles. The van der Waals surface area contributed by atoms with E-state index < -0.39 is 9.84 Å². The molecule has 1 fully saturated rings. The van der Waals surface area contributed by atoms with E-state index in [0.717, 1.165) is 26.6 Å². The molecule has 2 aromatic carbocycles. The van der Waals surface area contributed by atoms with Crippen molar-refractivity contribution in [1.82, 2.24) is 4.90 Å². The third-order valence-electron chi connectivity index (χ3n) is 3.89. The lowest BCUT2D eigenvalue weighted by Crippen LogP contribution is -2.40. The van der Waals surface area contributed by atoms with Crippen molar-refractivity contribution in [3.63, 3.8) is 0 Å². The molecule has 3 nitrogen and oxygen atoms in total. The molecule has 0 saturated carbocycles. The van der Waals surface area contributed by atoms with Gasteiger partial charge in [0.05, 0.1) is 4.91 Å². The van der Waals surface area contributed by atoms with Crippen molar-refractivity contribution in [2.75, 3.05) is 19.3 Å². The van der Waals surface area contributed by atoms with Crippen molar-refractivity contribution in [1.29, 1.82) is 0 Å². The second-order valence-electron chi connectivity index (χ2n) is 5.99. The second kappa shape index (κ2) is 7.12. The van der Waals surface area contributed by atoms with Crippen LogP contribution in [0.1, 0.15) is 11.1 Å². The van der Waals surface area contributed by atoms with E-state index >= 15 is 0 Å². The van der Waals surface area contributed by atoms with Crippen LogP contribution in [0.2, 0.25) is 0 Å². The van der Waals surface area contributed by atoms with Gasteiger partial charge in [0, 0.05) is 34.8 Å². The smallest absolute Gasteiger partial charge is 0.176 e. The van der Waals surface area contributed by atoms with Crippen LogP contribution in [-0.2, 0) is 16.4 Å². The predicted octanol–water partition coefficient (Wildman–Crippen LogP) is 4.48. The van der Waals surface area contributed by atoms with Gasteiger partial charge in [0.15, 0.2) is 9.84 Å². The van der Waals surface area contributed by atoms with Gasteiger partial charge in [0.2, 0.25) is 0 Å². The van der Waals surface area contributed by atoms with Crippen molar-refractivity contribution >= 4 is 46.6 Å². The van der Waals surface area contributed by atoms with Gasteiger partial charge in [-0.2, -0.15) is 0 Å². The maximum absolute atomic E-state index is 12.3. The van der Waals surface area contributed by atoms with E-state index in [1.54, 1.807) is 0 Å². The molecule has 0 atom stereocenters. The van der Waals surface area contributed by atoms with Crippen LogP contribution >= 0.6 is 31.9 Å². The van der Waals surface area contributed by atoms with Crippen LogP contribution in [0.4, 0.5) is 0 Å². The van der Waals surface area contributed by atoms with Gasteiger partial charge in [0.25, 0.3) is 0 Å². The third kappa shape index (κ3) is 4.17. The fourth-order valence-electron chi connectivity index (χ4n) is 2.96. The molecule has 3 rings (SSSR count). The number of sulfone groups is 1. The zero-order valence-corrected chi connectivity index (χ0v) is 17.2. The van der Waals surface area contributed by atoms with E-state index in [-0.39, 0.29) is 0 Å². The van der Waals surface area contributed by atoms with Crippen LogP contribution in [-0.4, -0.2) is 32.7 Å². The molecule has 0 aliphatic carbocycles. The van der Waals surface area contributed by atoms with E-state index in [9.17, 15) is 8.42 Å². The Morgan fingerprint density at radius 2 is 1.62 bits per heavy atom. The lowest BCUT2D eigenvalue weighted by Gasteiger charge is -2.35. The summed E-state index contributed by atoms with van der Waals surface area (Å²) >= 11 is 6.87. The normalized spacial score (nSPS) is 15.2. The number of nitrogens with zero attached hydrogens (tertiary/aromatic N) is 1. The maximum Gasteiger partial charge on any atom is 0.176 e. The minimum atomic E-state index is -3.30. The standard InChI is InChI=1S/C18H17Br2NO2S/c1-24(22,23)18(14-7-16(19)9-17(20)8-14)15-11-21(12-15)10-13-5-3-2-4-6-13/h2-9H,10-12H2,1H3. The molecular weight excluding hydrogens is 454 g/mol. The summed E-state index contributed by atoms with van der Waals surface area (Å²) in [6.45, 7) is 2.20. The Bertz CT molecular complexity index is 864. The van der Waals surface area contributed by atoms with Crippen molar-refractivity contribution in [2.45, 2.75) is 6.54 Å². The Balaban J connectivity index is 1.87. The van der Waals surface area contributed by atoms with Gasteiger partial charge in [-0.1, -0.05) is 62.2 Å². The Hall–Kier alpha value is -0.950. The Morgan fingerprint density at radius 3 is 2.17 bits per heavy atom. The van der Waals surface area contributed by atoms with Crippen LogP contribution < -0.4 is 0 Å². The molecule has 0 aromatic heterocycles. The Labute approximate surface area is 159 Å². The minimum absolute atomic E-state index is 0.453. The second-order valence-corrected chi connectivity index (χ2v) is 9.78. The number of benzene rings is 2. The molecule has 2 aromatic rings. The first-order valence-electron chi connectivity index (χ1n) is 7.48. The molecule has 1 saturated heterocycles. The van der Waals surface area contributed by atoms with Gasteiger partial charge in [-0.3, -0.25) is 4.90 Å². The molecule has 24 heavy (non-hydrogen) atoms. The molecule has 1 aliphatic rings. The van der Waals surface area contributed by atoms with E-state index in [4.69, 9.17) is 0 Å². The zero-order valence-electron chi connectivity index (χ0n) is 13.2. The number of hydrogen-bond donors (Lipinski definition) is 0. The number of hydrogen-bond acceptors (Lipinski definition) is 3. The first kappa shape index (κ1) is 17.9. The summed E-state index contributed by atoms with van der Waals surface area (Å²) < 4.78 is 26.4. The summed E-state index contributed by atoms with van der Waals surface area (Å²) in [7, 11) is -3.30. The SMILES string of the molecule is CS(=O)(=O)C(=C1CN(Cc2ccccc2)C1)c1cc(Br)cc(Br)c1. The largest absolute Gasteiger partial charge is 0.291 e. The lowest BCUT2D eigenvalue weighted by atomic mass is 10.0. The first-order chi connectivity index (χ1) is 11.3. The fraction of sp³-hybridized carbons (Fsp3) is 0.222. The van der Waals surface area contributed by atoms with E-state index in [1.807, 2.05) is 36.4 Å². The summed E-state index contributed by atoms with van der Waals surface area (Å²) in [5, 5.41) is 0. The van der Waals surface area contributed by atoms with Crippen molar-refractivity contribution in [3.05, 3.63) is 74.2 Å². The Morgan fingerprint density at radius 1 is 1.04 bits per heavy atom. The van der Waals surface area contributed by atoms with Crippen LogP contribution in [0.3, 0.4) is 0 Å². The zero-order chi connectivity index (χ0) is 17.3. The summed E-state index contributed by atoms with van der Waals surface area (Å²) in [5.41, 5.74) is 2.94. The number of halogens is 2. The fourth-order valence-corrected chi connectivity index (χ4v) is 5.45. The highest BCUT2D eigenvalue weighted by molar-refractivity contribution is 9.11. The number of rotatable bonds is 4. The van der Waals surface area contributed by atoms with Gasteiger partial charge in [0.1, 0.15) is 0 Å². The minimum Gasteiger partial charge on any atom is -0.291 e. The predicted molar refractivity (Wildman–Crippen MR) is 105 cm³/mol. The molecule has 0 radical (unpaired) electrons. The summed E-state index contributed by atoms with van der Waals surface area (Å²) in [6, 6.07) is 15.8.